The van der Waals surface area contributed by atoms with Crippen molar-refractivity contribution in [3.63, 3.8) is 0 Å². The third kappa shape index (κ3) is 4.17. The summed E-state index contributed by atoms with van der Waals surface area (Å²) < 4.78 is 7.01. The van der Waals surface area contributed by atoms with Crippen molar-refractivity contribution in [2.45, 2.75) is 52.2 Å². The molecule has 25 heavy (non-hydrogen) atoms. The average Bonchev–Trinajstić information content (AvgIpc) is 2.83. The Bertz CT molecular complexity index is 788. The van der Waals surface area contributed by atoms with E-state index in [4.69, 9.17) is 4.74 Å². The number of amides is 1. The van der Waals surface area contributed by atoms with Gasteiger partial charge in [0.15, 0.2) is 5.69 Å². The van der Waals surface area contributed by atoms with Gasteiger partial charge < -0.3 is 19.5 Å². The highest BCUT2D eigenvalue weighted by molar-refractivity contribution is 5.96. The van der Waals surface area contributed by atoms with Crippen LogP contribution >= 0.6 is 0 Å². The van der Waals surface area contributed by atoms with Crippen LogP contribution in [0.1, 0.15) is 40.0 Å². The number of unbranched alkanes of at least 4 members (excludes halogenated alkanes) is 2. The lowest BCUT2D eigenvalue weighted by Crippen LogP contribution is -2.28. The first-order chi connectivity index (χ1) is 11.8. The Labute approximate surface area is 146 Å². The predicted molar refractivity (Wildman–Crippen MR) is 95.5 cm³/mol. The first-order valence-corrected chi connectivity index (χ1v) is 8.37. The summed E-state index contributed by atoms with van der Waals surface area (Å²) in [5.74, 6) is -0.156. The molecule has 0 radical (unpaired) electrons. The number of nitrogens with zero attached hydrogens (tertiary/aromatic N) is 3. The van der Waals surface area contributed by atoms with E-state index in [9.17, 15) is 15.0 Å². The smallest absolute Gasteiger partial charge is 0.295 e. The van der Waals surface area contributed by atoms with Crippen LogP contribution in [0.4, 0.5) is 5.69 Å². The van der Waals surface area contributed by atoms with Gasteiger partial charge in [-0.15, -0.1) is 10.2 Å². The minimum atomic E-state index is -1.61. The first kappa shape index (κ1) is 18.9. The molecule has 0 saturated carbocycles. The molecule has 1 heterocycles. The lowest BCUT2D eigenvalue weighted by atomic mass is 10.1. The number of aromatic hydroxyl groups is 1. The lowest BCUT2D eigenvalue weighted by molar-refractivity contribution is -0.133. The number of azo groups is 1. The van der Waals surface area contributed by atoms with Crippen molar-refractivity contribution < 1.29 is 19.7 Å². The second-order valence-corrected chi connectivity index (χ2v) is 6.48. The van der Waals surface area contributed by atoms with Crippen molar-refractivity contribution in [3.8, 4) is 11.6 Å². The van der Waals surface area contributed by atoms with E-state index in [0.717, 1.165) is 24.8 Å². The molecule has 2 rings (SSSR count). The SMILES string of the molecule is CCCCCn1c(O)c(N=NC(=O)C(C)(C)O)c2ccc(OC)cc21. The molecule has 0 aliphatic heterocycles. The Kier molecular flexibility index (Phi) is 5.79. The van der Waals surface area contributed by atoms with E-state index in [0.29, 0.717) is 17.7 Å². The minimum absolute atomic E-state index is 0.0494. The largest absolute Gasteiger partial charge is 0.497 e. The molecule has 7 heteroatoms. The Hall–Kier alpha value is -2.41. The summed E-state index contributed by atoms with van der Waals surface area (Å²) in [6.07, 6.45) is 3.01. The van der Waals surface area contributed by atoms with Crippen molar-refractivity contribution in [2.75, 3.05) is 7.11 Å². The second-order valence-electron chi connectivity index (χ2n) is 6.48. The number of benzene rings is 1. The summed E-state index contributed by atoms with van der Waals surface area (Å²) in [6.45, 7) is 5.41. The minimum Gasteiger partial charge on any atom is -0.497 e. The van der Waals surface area contributed by atoms with Crippen LogP contribution in [0.2, 0.25) is 0 Å². The second kappa shape index (κ2) is 7.65. The van der Waals surface area contributed by atoms with E-state index >= 15 is 0 Å². The van der Waals surface area contributed by atoms with Gasteiger partial charge in [0.2, 0.25) is 5.88 Å². The number of hydrogen-bond donors (Lipinski definition) is 2. The Balaban J connectivity index is 2.50. The van der Waals surface area contributed by atoms with Gasteiger partial charge >= 0.3 is 0 Å². The summed E-state index contributed by atoms with van der Waals surface area (Å²) in [6, 6.07) is 5.35. The molecule has 1 aromatic carbocycles. The lowest BCUT2D eigenvalue weighted by Gasteiger charge is -2.09. The molecule has 0 unspecified atom stereocenters. The maximum absolute atomic E-state index is 11.8. The number of hydrogen-bond acceptors (Lipinski definition) is 5. The fourth-order valence-corrected chi connectivity index (χ4v) is 2.49. The molecule has 1 aromatic heterocycles. The summed E-state index contributed by atoms with van der Waals surface area (Å²) in [5, 5.41) is 28.4. The van der Waals surface area contributed by atoms with E-state index in [-0.39, 0.29) is 11.6 Å². The molecule has 1 amide bonds. The zero-order valence-corrected chi connectivity index (χ0v) is 15.1. The van der Waals surface area contributed by atoms with Crippen LogP contribution in [0.3, 0.4) is 0 Å². The van der Waals surface area contributed by atoms with Gasteiger partial charge in [0, 0.05) is 18.0 Å². The third-order valence-electron chi connectivity index (χ3n) is 3.97. The number of rotatable bonds is 7. The number of carbonyl (C=O) groups is 1. The highest BCUT2D eigenvalue weighted by Crippen LogP contribution is 2.40. The Morgan fingerprint density at radius 2 is 2.04 bits per heavy atom. The van der Waals surface area contributed by atoms with Gasteiger partial charge in [-0.05, 0) is 32.4 Å². The maximum atomic E-state index is 11.8. The quantitative estimate of drug-likeness (QED) is 0.586. The van der Waals surface area contributed by atoms with Crippen molar-refractivity contribution >= 4 is 22.5 Å². The topological polar surface area (TPSA) is 96.4 Å². The van der Waals surface area contributed by atoms with E-state index in [1.807, 2.05) is 6.07 Å². The van der Waals surface area contributed by atoms with Crippen LogP contribution in [0, 0.1) is 0 Å². The Morgan fingerprint density at radius 1 is 1.32 bits per heavy atom. The number of fused-ring (bicyclic) bond motifs is 1. The molecule has 0 atom stereocenters. The van der Waals surface area contributed by atoms with Gasteiger partial charge in [-0.25, -0.2) is 0 Å². The van der Waals surface area contributed by atoms with E-state index in [1.165, 1.54) is 13.8 Å². The number of aliphatic hydroxyl groups is 1. The standard InChI is InChI=1S/C18H25N3O4/c1-5-6-7-10-21-14-11-12(25-4)8-9-13(14)15(16(21)22)19-20-17(23)18(2,3)24/h8-9,11,22,24H,5-7,10H2,1-4H3. The summed E-state index contributed by atoms with van der Waals surface area (Å²) in [7, 11) is 1.58. The van der Waals surface area contributed by atoms with E-state index < -0.39 is 11.5 Å². The van der Waals surface area contributed by atoms with Crippen molar-refractivity contribution in [3.05, 3.63) is 18.2 Å². The fraction of sp³-hybridized carbons (Fsp3) is 0.500. The molecule has 0 saturated heterocycles. The van der Waals surface area contributed by atoms with Gasteiger partial charge in [0.1, 0.15) is 11.4 Å². The molecule has 7 nitrogen and oxygen atoms in total. The molecule has 0 spiro atoms. The van der Waals surface area contributed by atoms with Crippen LogP contribution in [0.15, 0.2) is 28.4 Å². The summed E-state index contributed by atoms with van der Waals surface area (Å²) in [4.78, 5) is 11.8. The highest BCUT2D eigenvalue weighted by Gasteiger charge is 2.24. The summed E-state index contributed by atoms with van der Waals surface area (Å²) >= 11 is 0. The van der Waals surface area contributed by atoms with E-state index in [1.54, 1.807) is 23.8 Å². The Morgan fingerprint density at radius 3 is 2.64 bits per heavy atom. The average molecular weight is 347 g/mol. The van der Waals surface area contributed by atoms with E-state index in [2.05, 4.69) is 17.2 Å². The number of ether oxygens (including phenoxy) is 1. The van der Waals surface area contributed by atoms with Crippen LogP contribution < -0.4 is 4.74 Å². The van der Waals surface area contributed by atoms with Crippen molar-refractivity contribution in [2.24, 2.45) is 10.2 Å². The zero-order valence-electron chi connectivity index (χ0n) is 15.1. The van der Waals surface area contributed by atoms with Crippen LogP contribution in [0.25, 0.3) is 10.9 Å². The highest BCUT2D eigenvalue weighted by atomic mass is 16.5. The van der Waals surface area contributed by atoms with Crippen LogP contribution in [-0.2, 0) is 11.3 Å². The van der Waals surface area contributed by atoms with Gasteiger partial charge in [0.25, 0.3) is 5.91 Å². The number of aryl methyl sites for hydroxylation is 1. The van der Waals surface area contributed by atoms with Crippen molar-refractivity contribution in [1.82, 2.24) is 4.57 Å². The summed E-state index contributed by atoms with van der Waals surface area (Å²) in [5.41, 5.74) is -0.633. The molecule has 2 N–H and O–H groups in total. The molecule has 2 aromatic rings. The normalized spacial score (nSPS) is 12.2. The molecule has 0 bridgehead atoms. The zero-order chi connectivity index (χ0) is 18.6. The van der Waals surface area contributed by atoms with Gasteiger partial charge in [0.05, 0.1) is 12.6 Å². The first-order valence-electron chi connectivity index (χ1n) is 8.37. The molecule has 0 aliphatic rings. The monoisotopic (exact) mass is 347 g/mol. The number of carbonyl (C=O) groups excluding carboxylic acids is 1. The molecule has 0 aliphatic carbocycles. The molecule has 0 fully saturated rings. The van der Waals surface area contributed by atoms with Gasteiger partial charge in [-0.2, -0.15) is 0 Å². The number of methoxy groups -OCH3 is 1. The molecular formula is C18H25N3O4. The molecular weight excluding hydrogens is 322 g/mol. The van der Waals surface area contributed by atoms with Gasteiger partial charge in [-0.1, -0.05) is 19.8 Å². The number of aromatic nitrogens is 1. The van der Waals surface area contributed by atoms with Gasteiger partial charge in [-0.3, -0.25) is 4.79 Å². The molecule has 136 valence electrons. The predicted octanol–water partition coefficient (Wildman–Crippen LogP) is 3.93. The van der Waals surface area contributed by atoms with Crippen LogP contribution in [0.5, 0.6) is 11.6 Å². The van der Waals surface area contributed by atoms with Crippen molar-refractivity contribution in [1.29, 1.82) is 0 Å². The fourth-order valence-electron chi connectivity index (χ4n) is 2.49. The maximum Gasteiger partial charge on any atom is 0.295 e. The van der Waals surface area contributed by atoms with Crippen LogP contribution in [-0.4, -0.2) is 33.4 Å². The third-order valence-corrected chi connectivity index (χ3v) is 3.97.